The van der Waals surface area contributed by atoms with Crippen LogP contribution in [0.5, 0.6) is 0 Å². The highest BCUT2D eigenvalue weighted by Gasteiger charge is 2.39. The van der Waals surface area contributed by atoms with Gasteiger partial charge in [0, 0.05) is 17.8 Å². The summed E-state index contributed by atoms with van der Waals surface area (Å²) >= 11 is 1.17. The summed E-state index contributed by atoms with van der Waals surface area (Å²) in [7, 11) is -3.82. The molecule has 1 aliphatic rings. The van der Waals surface area contributed by atoms with E-state index in [1.54, 1.807) is 13.8 Å². The van der Waals surface area contributed by atoms with Gasteiger partial charge >= 0.3 is 5.97 Å². The largest absolute Gasteiger partial charge is 0.478 e. The zero-order valence-corrected chi connectivity index (χ0v) is 12.5. The van der Waals surface area contributed by atoms with Gasteiger partial charge in [0.1, 0.15) is 10.3 Å². The predicted molar refractivity (Wildman–Crippen MR) is 74.6 cm³/mol. The summed E-state index contributed by atoms with van der Waals surface area (Å²) in [4.78, 5) is 25.3. The van der Waals surface area contributed by atoms with Crippen LogP contribution < -0.4 is 10.0 Å². The van der Waals surface area contributed by atoms with E-state index >= 15 is 0 Å². The van der Waals surface area contributed by atoms with Crippen LogP contribution in [-0.4, -0.2) is 37.2 Å². The summed E-state index contributed by atoms with van der Waals surface area (Å²) in [6.45, 7) is 3.32. The fourth-order valence-corrected chi connectivity index (χ4v) is 4.05. The quantitative estimate of drug-likeness (QED) is 0.839. The van der Waals surface area contributed by atoms with Crippen molar-refractivity contribution in [3.63, 3.8) is 0 Å². The zero-order valence-electron chi connectivity index (χ0n) is 10.9. The molecule has 0 aliphatic carbocycles. The van der Waals surface area contributed by atoms with Crippen LogP contribution in [0.25, 0.3) is 0 Å². The zero-order chi connectivity index (χ0) is 15.2. The monoisotopic (exact) mass is 318 g/mol. The highest BCUT2D eigenvalue weighted by molar-refractivity contribution is 7.89. The second-order valence-corrected chi connectivity index (χ2v) is 7.74. The van der Waals surface area contributed by atoms with E-state index in [4.69, 9.17) is 5.14 Å². The number of sulfonamides is 1. The van der Waals surface area contributed by atoms with Crippen molar-refractivity contribution in [3.05, 3.63) is 16.0 Å². The van der Waals surface area contributed by atoms with Gasteiger partial charge in [0.25, 0.3) is 0 Å². The average Bonchev–Trinajstić information content (AvgIpc) is 2.80. The average molecular weight is 318 g/mol. The second-order valence-electron chi connectivity index (χ2n) is 4.69. The van der Waals surface area contributed by atoms with E-state index in [0.29, 0.717) is 5.56 Å². The number of carbonyl (C=O) groups is 2. The number of amides is 1. The number of aromatic carboxylic acids is 1. The number of carboxylic acid groups (broad SMARTS) is 1. The maximum Gasteiger partial charge on any atom is 0.339 e. The fraction of sp³-hybridized carbons (Fsp3) is 0.455. The number of hydrogen-bond donors (Lipinski definition) is 2. The normalized spacial score (nSPS) is 19.6. The Labute approximate surface area is 120 Å². The lowest BCUT2D eigenvalue weighted by Gasteiger charge is -2.15. The second kappa shape index (κ2) is 4.83. The third-order valence-electron chi connectivity index (χ3n) is 3.38. The number of aryl methyl sites for hydroxylation is 1. The number of nitrogens with two attached hydrogens (primary N) is 1. The molecule has 2 rings (SSSR count). The van der Waals surface area contributed by atoms with Crippen LogP contribution in [0.1, 0.15) is 27.2 Å². The molecular weight excluding hydrogens is 304 g/mol. The molecular formula is C11H14N2O5S2. The molecule has 0 aromatic carbocycles. The summed E-state index contributed by atoms with van der Waals surface area (Å²) in [6, 6.07) is 0. The van der Waals surface area contributed by atoms with Crippen molar-refractivity contribution in [2.24, 2.45) is 5.14 Å². The van der Waals surface area contributed by atoms with Crippen molar-refractivity contribution < 1.29 is 23.1 Å². The first kappa shape index (κ1) is 14.9. The minimum absolute atomic E-state index is 0.0518. The van der Waals surface area contributed by atoms with Crippen LogP contribution in [-0.2, 0) is 14.8 Å². The lowest BCUT2D eigenvalue weighted by atomic mass is 10.1. The molecule has 1 saturated heterocycles. The molecule has 2 heterocycles. The minimum atomic E-state index is -3.82. The maximum absolute atomic E-state index is 11.9. The van der Waals surface area contributed by atoms with Gasteiger partial charge in [-0.15, -0.1) is 11.3 Å². The SMILES string of the molecule is Cc1sc(N2CC(S(N)(=O)=O)CC2=O)c(C(=O)O)c1C. The van der Waals surface area contributed by atoms with Crippen molar-refractivity contribution in [1.29, 1.82) is 0 Å². The van der Waals surface area contributed by atoms with Gasteiger partial charge in [0.2, 0.25) is 15.9 Å². The Hall–Kier alpha value is -1.45. The number of rotatable bonds is 3. The van der Waals surface area contributed by atoms with Gasteiger partial charge in [-0.25, -0.2) is 18.4 Å². The smallest absolute Gasteiger partial charge is 0.339 e. The molecule has 9 heteroatoms. The first-order chi connectivity index (χ1) is 9.12. The molecule has 1 unspecified atom stereocenters. The first-order valence-corrected chi connectivity index (χ1v) is 8.20. The molecule has 1 aromatic heterocycles. The highest BCUT2D eigenvalue weighted by Crippen LogP contribution is 2.38. The number of carboxylic acids is 1. The summed E-state index contributed by atoms with van der Waals surface area (Å²) in [6.07, 6.45) is -0.214. The fourth-order valence-electron chi connectivity index (χ4n) is 2.14. The number of carbonyl (C=O) groups excluding carboxylic acids is 1. The number of anilines is 1. The van der Waals surface area contributed by atoms with Crippen molar-refractivity contribution in [2.45, 2.75) is 25.5 Å². The summed E-state index contributed by atoms with van der Waals surface area (Å²) in [5.74, 6) is -1.55. The van der Waals surface area contributed by atoms with E-state index in [2.05, 4.69) is 0 Å². The maximum atomic E-state index is 11.9. The molecule has 1 aromatic rings. The lowest BCUT2D eigenvalue weighted by molar-refractivity contribution is -0.117. The molecule has 110 valence electrons. The van der Waals surface area contributed by atoms with Crippen LogP contribution in [0.3, 0.4) is 0 Å². The molecule has 0 bridgehead atoms. The summed E-state index contributed by atoms with van der Waals surface area (Å²) in [5.41, 5.74) is 0.639. The first-order valence-electron chi connectivity index (χ1n) is 5.78. The lowest BCUT2D eigenvalue weighted by Crippen LogP contribution is -2.32. The highest BCUT2D eigenvalue weighted by atomic mass is 32.2. The Morgan fingerprint density at radius 3 is 2.50 bits per heavy atom. The van der Waals surface area contributed by atoms with Crippen molar-refractivity contribution >= 4 is 38.2 Å². The van der Waals surface area contributed by atoms with E-state index in [1.165, 1.54) is 16.2 Å². The van der Waals surface area contributed by atoms with Gasteiger partial charge < -0.3 is 10.0 Å². The Balaban J connectivity index is 2.46. The van der Waals surface area contributed by atoms with Gasteiger partial charge in [0.05, 0.1) is 5.56 Å². The third-order valence-corrected chi connectivity index (χ3v) is 5.86. The number of primary sulfonamides is 1. The summed E-state index contributed by atoms with van der Waals surface area (Å²) < 4.78 is 22.7. The van der Waals surface area contributed by atoms with Crippen LogP contribution >= 0.6 is 11.3 Å². The number of hydrogen-bond acceptors (Lipinski definition) is 5. The van der Waals surface area contributed by atoms with E-state index in [9.17, 15) is 23.1 Å². The molecule has 0 spiro atoms. The van der Waals surface area contributed by atoms with Gasteiger partial charge in [-0.2, -0.15) is 0 Å². The van der Waals surface area contributed by atoms with Gasteiger partial charge in [-0.05, 0) is 19.4 Å². The van der Waals surface area contributed by atoms with Crippen molar-refractivity contribution in [1.82, 2.24) is 0 Å². The van der Waals surface area contributed by atoms with Gasteiger partial charge in [0.15, 0.2) is 0 Å². The predicted octanol–water partition coefficient (Wildman–Crippen LogP) is 0.457. The molecule has 7 nitrogen and oxygen atoms in total. The number of nitrogens with zero attached hydrogens (tertiary/aromatic N) is 1. The minimum Gasteiger partial charge on any atom is -0.478 e. The van der Waals surface area contributed by atoms with Crippen molar-refractivity contribution in [3.8, 4) is 0 Å². The molecule has 1 amide bonds. The molecule has 3 N–H and O–H groups in total. The Morgan fingerprint density at radius 1 is 1.45 bits per heavy atom. The van der Waals surface area contributed by atoms with Gasteiger partial charge in [-0.3, -0.25) is 4.79 Å². The van der Waals surface area contributed by atoms with E-state index < -0.39 is 27.1 Å². The third kappa shape index (κ3) is 2.43. The molecule has 1 atom stereocenters. The van der Waals surface area contributed by atoms with Crippen LogP contribution in [0.15, 0.2) is 0 Å². The van der Waals surface area contributed by atoms with Crippen molar-refractivity contribution in [2.75, 3.05) is 11.4 Å². The van der Waals surface area contributed by atoms with E-state index in [0.717, 1.165) is 4.88 Å². The topological polar surface area (TPSA) is 118 Å². The standard InChI is InChI=1S/C11H14N2O5S2/c1-5-6(2)19-10(9(5)11(15)16)13-4-7(3-8(13)14)20(12,17)18/h7H,3-4H2,1-2H3,(H,15,16)(H2,12,17,18). The number of thiophene rings is 1. The van der Waals surface area contributed by atoms with E-state index in [1.807, 2.05) is 0 Å². The Morgan fingerprint density at radius 2 is 2.05 bits per heavy atom. The van der Waals surface area contributed by atoms with Crippen LogP contribution in [0.4, 0.5) is 5.00 Å². The summed E-state index contributed by atoms with van der Waals surface area (Å²) in [5, 5.41) is 13.6. The van der Waals surface area contributed by atoms with E-state index in [-0.39, 0.29) is 23.5 Å². The van der Waals surface area contributed by atoms with Crippen LogP contribution in [0.2, 0.25) is 0 Å². The molecule has 20 heavy (non-hydrogen) atoms. The van der Waals surface area contributed by atoms with Gasteiger partial charge in [-0.1, -0.05) is 0 Å². The Kier molecular flexibility index (Phi) is 3.61. The molecule has 1 fully saturated rings. The Bertz CT molecular complexity index is 692. The molecule has 0 saturated carbocycles. The molecule has 1 aliphatic heterocycles. The van der Waals surface area contributed by atoms with Crippen LogP contribution in [0, 0.1) is 13.8 Å². The molecule has 0 radical (unpaired) electrons.